The van der Waals surface area contributed by atoms with E-state index in [1.165, 1.54) is 8.61 Å². The van der Waals surface area contributed by atoms with Gasteiger partial charge in [0, 0.05) is 25.3 Å². The molecule has 1 amide bonds. The van der Waals surface area contributed by atoms with E-state index in [2.05, 4.69) is 5.32 Å². The average Bonchev–Trinajstić information content (AvgIpc) is 2.61. The Kier molecular flexibility index (Phi) is 5.94. The zero-order chi connectivity index (χ0) is 19.4. The van der Waals surface area contributed by atoms with Crippen LogP contribution < -0.4 is 5.32 Å². The highest BCUT2D eigenvalue weighted by atomic mass is 32.2. The Morgan fingerprint density at radius 3 is 2.52 bits per heavy atom. The van der Waals surface area contributed by atoms with Gasteiger partial charge >= 0.3 is 0 Å². The van der Waals surface area contributed by atoms with Gasteiger partial charge in [0.05, 0.1) is 6.54 Å². The minimum absolute atomic E-state index is 0.180. The number of hydrogen-bond donors (Lipinski definition) is 1. The first-order valence-electron chi connectivity index (χ1n) is 9.02. The number of hydrogen-bond acceptors (Lipinski definition) is 3. The topological polar surface area (TPSA) is 69.7 Å². The molecule has 3 rings (SSSR count). The summed E-state index contributed by atoms with van der Waals surface area (Å²) in [5, 5.41) is 2.80. The summed E-state index contributed by atoms with van der Waals surface area (Å²) < 4.78 is 28.6. The van der Waals surface area contributed by atoms with Crippen LogP contribution in [-0.4, -0.2) is 42.6 Å². The smallest absolute Gasteiger partial charge is 0.282 e. The van der Waals surface area contributed by atoms with Gasteiger partial charge in [-0.05, 0) is 37.5 Å². The van der Waals surface area contributed by atoms with Gasteiger partial charge < -0.3 is 5.32 Å². The number of nitrogens with one attached hydrogen (secondary N) is 1. The highest BCUT2D eigenvalue weighted by Crippen LogP contribution is 2.20. The lowest BCUT2D eigenvalue weighted by Crippen LogP contribution is -2.51. The standard InChI is InChI=1S/C20H25N3O3S/c1-16-7-5-9-18(13-16)14-22-11-6-12-23(27(22,25)26)15-20(24)21-19-10-4-3-8-17(19)2/h3-5,7-10,13H,6,11-12,14-15H2,1-2H3,(H,21,24). The Balaban J connectivity index is 1.68. The number of para-hydroxylation sites is 1. The zero-order valence-corrected chi connectivity index (χ0v) is 16.5. The fourth-order valence-corrected chi connectivity index (χ4v) is 4.85. The number of anilines is 1. The van der Waals surface area contributed by atoms with Gasteiger partial charge in [-0.25, -0.2) is 0 Å². The average molecular weight is 388 g/mol. The molecule has 0 unspecified atom stereocenters. The number of aryl methyl sites for hydroxylation is 2. The highest BCUT2D eigenvalue weighted by molar-refractivity contribution is 7.86. The molecule has 1 saturated heterocycles. The molecule has 0 bridgehead atoms. The summed E-state index contributed by atoms with van der Waals surface area (Å²) in [6.45, 7) is 4.84. The van der Waals surface area contributed by atoms with Gasteiger partial charge in [0.25, 0.3) is 10.2 Å². The lowest BCUT2D eigenvalue weighted by Gasteiger charge is -2.34. The SMILES string of the molecule is Cc1cccc(CN2CCCN(CC(=O)Nc3ccccc3C)S2(=O)=O)c1. The third-order valence-electron chi connectivity index (χ3n) is 4.65. The van der Waals surface area contributed by atoms with Crippen LogP contribution in [0.3, 0.4) is 0 Å². The van der Waals surface area contributed by atoms with Gasteiger partial charge in [-0.3, -0.25) is 4.79 Å². The first kappa shape index (κ1) is 19.5. The van der Waals surface area contributed by atoms with E-state index in [4.69, 9.17) is 0 Å². The lowest BCUT2D eigenvalue weighted by atomic mass is 10.1. The van der Waals surface area contributed by atoms with E-state index in [0.717, 1.165) is 16.7 Å². The van der Waals surface area contributed by atoms with Crippen LogP contribution in [0.15, 0.2) is 48.5 Å². The summed E-state index contributed by atoms with van der Waals surface area (Å²) in [5.41, 5.74) is 3.68. The van der Waals surface area contributed by atoms with Crippen LogP contribution >= 0.6 is 0 Å². The molecule has 144 valence electrons. The van der Waals surface area contributed by atoms with Crippen molar-refractivity contribution in [1.82, 2.24) is 8.61 Å². The van der Waals surface area contributed by atoms with Crippen molar-refractivity contribution in [3.8, 4) is 0 Å². The van der Waals surface area contributed by atoms with Crippen molar-refractivity contribution < 1.29 is 13.2 Å². The molecule has 0 saturated carbocycles. The maximum Gasteiger partial charge on any atom is 0.282 e. The van der Waals surface area contributed by atoms with E-state index in [1.807, 2.05) is 62.4 Å². The second-order valence-corrected chi connectivity index (χ2v) is 8.81. The second-order valence-electron chi connectivity index (χ2n) is 6.88. The van der Waals surface area contributed by atoms with Gasteiger partial charge in [-0.2, -0.15) is 17.0 Å². The summed E-state index contributed by atoms with van der Waals surface area (Å²) in [6.07, 6.45) is 0.697. The maximum absolute atomic E-state index is 12.9. The monoisotopic (exact) mass is 387 g/mol. The van der Waals surface area contributed by atoms with Gasteiger partial charge in [0.15, 0.2) is 0 Å². The summed E-state index contributed by atoms with van der Waals surface area (Å²) >= 11 is 0. The van der Waals surface area contributed by atoms with E-state index >= 15 is 0 Å². The van der Waals surface area contributed by atoms with Crippen LogP contribution in [0, 0.1) is 13.8 Å². The summed E-state index contributed by atoms with van der Waals surface area (Å²) in [5.74, 6) is -0.328. The van der Waals surface area contributed by atoms with Crippen LogP contribution in [0.2, 0.25) is 0 Å². The molecule has 0 aliphatic carbocycles. The van der Waals surface area contributed by atoms with Crippen molar-refractivity contribution in [3.63, 3.8) is 0 Å². The van der Waals surface area contributed by atoms with Crippen LogP contribution in [0.5, 0.6) is 0 Å². The normalized spacial score (nSPS) is 17.6. The Hall–Kier alpha value is -2.22. The molecule has 1 aliphatic rings. The van der Waals surface area contributed by atoms with Gasteiger partial charge in [-0.1, -0.05) is 48.0 Å². The molecule has 0 aromatic heterocycles. The maximum atomic E-state index is 12.9. The number of rotatable bonds is 5. The van der Waals surface area contributed by atoms with Crippen molar-refractivity contribution in [2.24, 2.45) is 0 Å². The predicted molar refractivity (Wildman–Crippen MR) is 107 cm³/mol. The highest BCUT2D eigenvalue weighted by Gasteiger charge is 2.34. The number of amides is 1. The van der Waals surface area contributed by atoms with Crippen LogP contribution in [0.4, 0.5) is 5.69 Å². The quantitative estimate of drug-likeness (QED) is 0.858. The van der Waals surface area contributed by atoms with Crippen molar-refractivity contribution >= 4 is 21.8 Å². The van der Waals surface area contributed by atoms with Gasteiger partial charge in [0.1, 0.15) is 0 Å². The Morgan fingerprint density at radius 2 is 1.78 bits per heavy atom. The number of carbonyl (C=O) groups excluding carboxylic acids is 1. The number of nitrogens with zero attached hydrogens (tertiary/aromatic N) is 2. The summed E-state index contributed by atoms with van der Waals surface area (Å²) in [4.78, 5) is 12.4. The van der Waals surface area contributed by atoms with Crippen LogP contribution in [0.25, 0.3) is 0 Å². The molecule has 1 aliphatic heterocycles. The molecular formula is C20H25N3O3S. The molecule has 1 fully saturated rings. The lowest BCUT2D eigenvalue weighted by molar-refractivity contribution is -0.116. The predicted octanol–water partition coefficient (Wildman–Crippen LogP) is 2.69. The van der Waals surface area contributed by atoms with E-state index in [0.29, 0.717) is 31.7 Å². The summed E-state index contributed by atoms with van der Waals surface area (Å²) in [6, 6.07) is 15.3. The van der Waals surface area contributed by atoms with E-state index < -0.39 is 10.2 Å². The Bertz CT molecular complexity index is 928. The molecule has 6 nitrogen and oxygen atoms in total. The number of carbonyl (C=O) groups is 1. The molecule has 0 atom stereocenters. The third kappa shape index (κ3) is 4.74. The molecule has 0 spiro atoms. The molecule has 1 heterocycles. The molecule has 27 heavy (non-hydrogen) atoms. The largest absolute Gasteiger partial charge is 0.325 e. The second kappa shape index (κ2) is 8.21. The van der Waals surface area contributed by atoms with Gasteiger partial charge in [0.2, 0.25) is 5.91 Å². The minimum atomic E-state index is -3.67. The zero-order valence-electron chi connectivity index (χ0n) is 15.7. The van der Waals surface area contributed by atoms with Crippen LogP contribution in [-0.2, 0) is 21.5 Å². The van der Waals surface area contributed by atoms with Crippen molar-refractivity contribution in [3.05, 3.63) is 65.2 Å². The van der Waals surface area contributed by atoms with Gasteiger partial charge in [-0.15, -0.1) is 0 Å². The third-order valence-corrected chi connectivity index (χ3v) is 6.58. The van der Waals surface area contributed by atoms with Crippen LogP contribution in [0.1, 0.15) is 23.1 Å². The summed E-state index contributed by atoms with van der Waals surface area (Å²) in [7, 11) is -3.67. The minimum Gasteiger partial charge on any atom is -0.325 e. The first-order valence-corrected chi connectivity index (χ1v) is 10.4. The van der Waals surface area contributed by atoms with Crippen molar-refractivity contribution in [2.75, 3.05) is 25.0 Å². The Labute approximate surface area is 161 Å². The fourth-order valence-electron chi connectivity index (χ4n) is 3.22. The van der Waals surface area contributed by atoms with Crippen molar-refractivity contribution in [1.29, 1.82) is 0 Å². The molecule has 2 aromatic carbocycles. The van der Waals surface area contributed by atoms with Crippen molar-refractivity contribution in [2.45, 2.75) is 26.8 Å². The molecular weight excluding hydrogens is 362 g/mol. The fraction of sp³-hybridized carbons (Fsp3) is 0.350. The number of benzene rings is 2. The Morgan fingerprint density at radius 1 is 1.04 bits per heavy atom. The molecule has 2 aromatic rings. The van der Waals surface area contributed by atoms with E-state index in [1.54, 1.807) is 0 Å². The molecule has 1 N–H and O–H groups in total. The molecule has 0 radical (unpaired) electrons. The molecule has 7 heteroatoms. The van der Waals surface area contributed by atoms with E-state index in [-0.39, 0.29) is 12.5 Å². The van der Waals surface area contributed by atoms with E-state index in [9.17, 15) is 13.2 Å². The first-order chi connectivity index (χ1) is 12.9.